The molecule has 0 saturated carbocycles. The van der Waals surface area contributed by atoms with Crippen LogP contribution in [0.25, 0.3) is 0 Å². The molecule has 0 amide bonds. The number of nitrogens with zero attached hydrogens (tertiary/aromatic N) is 3. The first-order chi connectivity index (χ1) is 8.86. The Morgan fingerprint density at radius 1 is 1.32 bits per heavy atom. The van der Waals surface area contributed by atoms with Gasteiger partial charge in [-0.15, -0.1) is 0 Å². The molecule has 0 spiro atoms. The molecule has 0 radical (unpaired) electrons. The third-order valence-corrected chi connectivity index (χ3v) is 5.75. The summed E-state index contributed by atoms with van der Waals surface area (Å²) in [7, 11) is -3.40. The topological polar surface area (TPSA) is 55.2 Å². The van der Waals surface area contributed by atoms with Gasteiger partial charge < -0.3 is 0 Å². The molecule has 2 unspecified atom stereocenters. The van der Waals surface area contributed by atoms with E-state index in [0.717, 1.165) is 12.1 Å². The van der Waals surface area contributed by atoms with Crippen molar-refractivity contribution in [3.8, 4) is 0 Å². The van der Waals surface area contributed by atoms with Gasteiger partial charge in [-0.05, 0) is 32.1 Å². The van der Waals surface area contributed by atoms with Crippen molar-refractivity contribution in [3.63, 3.8) is 0 Å². The molecule has 5 nitrogen and oxygen atoms in total. The summed E-state index contributed by atoms with van der Waals surface area (Å²) in [6.07, 6.45) is 2.58. The quantitative estimate of drug-likeness (QED) is 0.852. The first-order valence-electron chi connectivity index (χ1n) is 6.88. The predicted octanol–water partition coefficient (Wildman–Crippen LogP) is 1.88. The maximum atomic E-state index is 12.7. The minimum absolute atomic E-state index is 0.357. The third-order valence-electron chi connectivity index (χ3n) is 3.81. The Bertz CT molecular complexity index is 540. The van der Waals surface area contributed by atoms with Gasteiger partial charge in [0.25, 0.3) is 0 Å². The molecule has 0 aliphatic carbocycles. The lowest BCUT2D eigenvalue weighted by atomic mass is 9.94. The summed E-state index contributed by atoms with van der Waals surface area (Å²) in [5, 5.41) is 4.14. The second kappa shape index (κ2) is 5.25. The van der Waals surface area contributed by atoms with Gasteiger partial charge >= 0.3 is 0 Å². The molecular weight excluding hydrogens is 262 g/mol. The van der Waals surface area contributed by atoms with E-state index in [1.807, 2.05) is 13.8 Å². The van der Waals surface area contributed by atoms with Gasteiger partial charge in [0.1, 0.15) is 4.90 Å². The van der Waals surface area contributed by atoms with Gasteiger partial charge in [-0.25, -0.2) is 8.42 Å². The maximum absolute atomic E-state index is 12.7. The summed E-state index contributed by atoms with van der Waals surface area (Å²) in [6.45, 7) is 9.92. The molecule has 19 heavy (non-hydrogen) atoms. The predicted molar refractivity (Wildman–Crippen MR) is 74.3 cm³/mol. The standard InChI is InChI=1S/C13H23N3O2S/c1-5-16-12(4)13(7-14-16)19(17,18)15-8-10(2)6-11(3)9-15/h7,10-11H,5-6,8-9H2,1-4H3. The average molecular weight is 285 g/mol. The number of hydrogen-bond acceptors (Lipinski definition) is 3. The molecule has 6 heteroatoms. The Hall–Kier alpha value is -0.880. The van der Waals surface area contributed by atoms with Gasteiger partial charge in [0, 0.05) is 19.6 Å². The van der Waals surface area contributed by atoms with Crippen molar-refractivity contribution in [1.82, 2.24) is 14.1 Å². The van der Waals surface area contributed by atoms with E-state index in [4.69, 9.17) is 0 Å². The van der Waals surface area contributed by atoms with Gasteiger partial charge in [-0.3, -0.25) is 4.68 Å². The lowest BCUT2D eigenvalue weighted by Crippen LogP contribution is -2.42. The van der Waals surface area contributed by atoms with E-state index in [0.29, 0.717) is 36.4 Å². The van der Waals surface area contributed by atoms with E-state index in [-0.39, 0.29) is 0 Å². The van der Waals surface area contributed by atoms with E-state index in [2.05, 4.69) is 18.9 Å². The summed E-state index contributed by atoms with van der Waals surface area (Å²) in [5.41, 5.74) is 0.730. The van der Waals surface area contributed by atoms with Crippen LogP contribution in [0.15, 0.2) is 11.1 Å². The van der Waals surface area contributed by atoms with Crippen LogP contribution >= 0.6 is 0 Å². The fraction of sp³-hybridized carbons (Fsp3) is 0.769. The fourth-order valence-electron chi connectivity index (χ4n) is 2.94. The van der Waals surface area contributed by atoms with Crippen LogP contribution in [0.3, 0.4) is 0 Å². The van der Waals surface area contributed by atoms with Crippen LogP contribution in [0, 0.1) is 18.8 Å². The lowest BCUT2D eigenvalue weighted by molar-refractivity contribution is 0.222. The Kier molecular flexibility index (Phi) is 4.01. The molecule has 108 valence electrons. The van der Waals surface area contributed by atoms with Crippen LogP contribution in [0.2, 0.25) is 0 Å². The zero-order valence-electron chi connectivity index (χ0n) is 12.1. The summed E-state index contributed by atoms with van der Waals surface area (Å²) in [4.78, 5) is 0.357. The van der Waals surface area contributed by atoms with E-state index in [9.17, 15) is 8.42 Å². The second-order valence-corrected chi connectivity index (χ2v) is 7.58. The molecule has 0 N–H and O–H groups in total. The number of rotatable bonds is 3. The number of sulfonamides is 1. The normalized spacial score (nSPS) is 25.7. The van der Waals surface area contributed by atoms with Crippen molar-refractivity contribution >= 4 is 10.0 Å². The average Bonchev–Trinajstić information content (AvgIpc) is 2.69. The highest BCUT2D eigenvalue weighted by atomic mass is 32.2. The van der Waals surface area contributed by atoms with Crippen molar-refractivity contribution in [2.45, 2.75) is 45.6 Å². The third kappa shape index (κ3) is 2.69. The summed E-state index contributed by atoms with van der Waals surface area (Å²) in [6, 6.07) is 0. The lowest BCUT2D eigenvalue weighted by Gasteiger charge is -2.33. The van der Waals surface area contributed by atoms with Crippen LogP contribution in [-0.2, 0) is 16.6 Å². The van der Waals surface area contributed by atoms with Crippen molar-refractivity contribution in [2.24, 2.45) is 11.8 Å². The number of hydrogen-bond donors (Lipinski definition) is 0. The Morgan fingerprint density at radius 2 is 1.89 bits per heavy atom. The number of aromatic nitrogens is 2. The highest BCUT2D eigenvalue weighted by molar-refractivity contribution is 7.89. The summed E-state index contributed by atoms with van der Waals surface area (Å²) in [5.74, 6) is 0.833. The van der Waals surface area contributed by atoms with Crippen molar-refractivity contribution in [2.75, 3.05) is 13.1 Å². The van der Waals surface area contributed by atoms with Gasteiger partial charge in [0.2, 0.25) is 10.0 Å². The van der Waals surface area contributed by atoms with Crippen molar-refractivity contribution < 1.29 is 8.42 Å². The molecule has 1 aromatic rings. The number of piperidine rings is 1. The zero-order valence-corrected chi connectivity index (χ0v) is 12.9. The molecule has 1 saturated heterocycles. The molecule has 1 aromatic heterocycles. The Labute approximate surface area is 115 Å². The van der Waals surface area contributed by atoms with Crippen molar-refractivity contribution in [3.05, 3.63) is 11.9 Å². The maximum Gasteiger partial charge on any atom is 0.246 e. The molecule has 1 fully saturated rings. The number of aryl methyl sites for hydroxylation is 1. The molecule has 2 rings (SSSR count). The van der Waals surface area contributed by atoms with Crippen LogP contribution in [0.5, 0.6) is 0 Å². The molecule has 2 atom stereocenters. The first-order valence-corrected chi connectivity index (χ1v) is 8.32. The minimum Gasteiger partial charge on any atom is -0.269 e. The van der Waals surface area contributed by atoms with Gasteiger partial charge in [0.15, 0.2) is 0 Å². The Balaban J connectivity index is 2.33. The van der Waals surface area contributed by atoms with Crippen LogP contribution in [0.1, 0.15) is 32.9 Å². The van der Waals surface area contributed by atoms with Crippen LogP contribution in [-0.4, -0.2) is 35.6 Å². The molecule has 1 aliphatic heterocycles. The van der Waals surface area contributed by atoms with Gasteiger partial charge in [-0.2, -0.15) is 9.40 Å². The molecule has 0 bridgehead atoms. The highest BCUT2D eigenvalue weighted by Crippen LogP contribution is 2.27. The fourth-order valence-corrected chi connectivity index (χ4v) is 4.78. The molecule has 0 aromatic carbocycles. The first kappa shape index (κ1) is 14.5. The summed E-state index contributed by atoms with van der Waals surface area (Å²) < 4.78 is 28.7. The SMILES string of the molecule is CCn1ncc(S(=O)(=O)N2CC(C)CC(C)C2)c1C. The minimum atomic E-state index is -3.40. The molecule has 2 heterocycles. The van der Waals surface area contributed by atoms with Crippen molar-refractivity contribution in [1.29, 1.82) is 0 Å². The smallest absolute Gasteiger partial charge is 0.246 e. The Morgan fingerprint density at radius 3 is 2.37 bits per heavy atom. The largest absolute Gasteiger partial charge is 0.269 e. The van der Waals surface area contributed by atoms with E-state index in [1.165, 1.54) is 6.20 Å². The van der Waals surface area contributed by atoms with Crippen LogP contribution < -0.4 is 0 Å². The van der Waals surface area contributed by atoms with E-state index < -0.39 is 10.0 Å². The second-order valence-electron chi connectivity index (χ2n) is 5.68. The van der Waals surface area contributed by atoms with E-state index >= 15 is 0 Å². The van der Waals surface area contributed by atoms with E-state index in [1.54, 1.807) is 8.99 Å². The molecular formula is C13H23N3O2S. The van der Waals surface area contributed by atoms with Crippen LogP contribution in [0.4, 0.5) is 0 Å². The van der Waals surface area contributed by atoms with Gasteiger partial charge in [0.05, 0.1) is 11.9 Å². The molecule has 1 aliphatic rings. The zero-order chi connectivity index (χ0) is 14.2. The van der Waals surface area contributed by atoms with Gasteiger partial charge in [-0.1, -0.05) is 13.8 Å². The monoisotopic (exact) mass is 285 g/mol. The highest BCUT2D eigenvalue weighted by Gasteiger charge is 2.33. The summed E-state index contributed by atoms with van der Waals surface area (Å²) >= 11 is 0.